The summed E-state index contributed by atoms with van der Waals surface area (Å²) in [5.41, 5.74) is 21.1. The molecule has 2 aromatic heterocycles. The van der Waals surface area contributed by atoms with Gasteiger partial charge in [-0.05, 0) is 37.4 Å². The third-order valence-electron chi connectivity index (χ3n) is 5.11. The van der Waals surface area contributed by atoms with Crippen LogP contribution in [-0.4, -0.2) is 37.9 Å². The highest BCUT2D eigenvalue weighted by molar-refractivity contribution is 5.87. The van der Waals surface area contributed by atoms with Crippen molar-refractivity contribution in [3.05, 3.63) is 29.8 Å². The summed E-state index contributed by atoms with van der Waals surface area (Å²) >= 11 is 0. The van der Waals surface area contributed by atoms with Gasteiger partial charge in [0.15, 0.2) is 22.8 Å². The summed E-state index contributed by atoms with van der Waals surface area (Å²) in [6.45, 7) is 5.61. The lowest BCUT2D eigenvalue weighted by atomic mass is 9.98. The number of nitrogens with zero attached hydrogens (tertiary/aromatic N) is 5. The summed E-state index contributed by atoms with van der Waals surface area (Å²) in [6, 6.07) is 8.26. The van der Waals surface area contributed by atoms with Crippen LogP contribution in [0.1, 0.15) is 25.3 Å². The first-order chi connectivity index (χ1) is 13.0. The lowest BCUT2D eigenvalue weighted by Gasteiger charge is -2.30. The zero-order valence-electron chi connectivity index (χ0n) is 15.4. The number of anilines is 3. The highest BCUT2D eigenvalue weighted by Crippen LogP contribution is 2.27. The van der Waals surface area contributed by atoms with Crippen molar-refractivity contribution < 1.29 is 0 Å². The third-order valence-corrected chi connectivity index (χ3v) is 5.11. The number of fused-ring (bicyclic) bond motifs is 1. The standard InChI is InChI=1S/C19H24N8/c1-11-6-8-27(9-7-11)10-12-2-4-13(5-3-12)14-16(20)24-18-15(23-14)17(21)25-19(22)26-18/h2-5,11H,6-10H2,1H3,(H6,20,21,22,24,25,26). The van der Waals surface area contributed by atoms with Crippen LogP contribution >= 0.6 is 0 Å². The summed E-state index contributed by atoms with van der Waals surface area (Å²) in [4.78, 5) is 19.3. The van der Waals surface area contributed by atoms with Crippen molar-refractivity contribution in [2.75, 3.05) is 30.3 Å². The number of hydrogen-bond donors (Lipinski definition) is 3. The van der Waals surface area contributed by atoms with Gasteiger partial charge in [0.2, 0.25) is 5.95 Å². The van der Waals surface area contributed by atoms with Crippen molar-refractivity contribution in [2.45, 2.75) is 26.3 Å². The first-order valence-electron chi connectivity index (χ1n) is 9.17. The molecule has 8 heteroatoms. The van der Waals surface area contributed by atoms with Crippen LogP contribution < -0.4 is 17.2 Å². The van der Waals surface area contributed by atoms with E-state index >= 15 is 0 Å². The van der Waals surface area contributed by atoms with Gasteiger partial charge in [0.05, 0.1) is 0 Å². The Morgan fingerprint density at radius 1 is 0.926 bits per heavy atom. The monoisotopic (exact) mass is 364 g/mol. The van der Waals surface area contributed by atoms with Crippen molar-refractivity contribution in [1.82, 2.24) is 24.8 Å². The predicted octanol–water partition coefficient (Wildman–Crippen LogP) is 2.07. The minimum Gasteiger partial charge on any atom is -0.382 e. The van der Waals surface area contributed by atoms with Gasteiger partial charge in [-0.3, -0.25) is 4.90 Å². The maximum atomic E-state index is 6.10. The highest BCUT2D eigenvalue weighted by atomic mass is 15.1. The Balaban J connectivity index is 1.59. The number of nitrogens with two attached hydrogens (primary N) is 3. The molecule has 3 aromatic rings. The molecule has 6 N–H and O–H groups in total. The Labute approximate surface area is 157 Å². The number of hydrogen-bond acceptors (Lipinski definition) is 8. The molecule has 1 fully saturated rings. The molecule has 1 saturated heterocycles. The molecular weight excluding hydrogens is 340 g/mol. The van der Waals surface area contributed by atoms with Gasteiger partial charge in [-0.1, -0.05) is 31.2 Å². The summed E-state index contributed by atoms with van der Waals surface area (Å²) < 4.78 is 0. The molecule has 0 radical (unpaired) electrons. The Bertz CT molecular complexity index is 962. The number of rotatable bonds is 3. The van der Waals surface area contributed by atoms with Gasteiger partial charge >= 0.3 is 0 Å². The topological polar surface area (TPSA) is 133 Å². The summed E-state index contributed by atoms with van der Waals surface area (Å²) in [7, 11) is 0. The fourth-order valence-electron chi connectivity index (χ4n) is 3.46. The zero-order valence-corrected chi connectivity index (χ0v) is 15.4. The van der Waals surface area contributed by atoms with E-state index < -0.39 is 0 Å². The van der Waals surface area contributed by atoms with Gasteiger partial charge in [-0.2, -0.15) is 9.97 Å². The number of benzene rings is 1. The van der Waals surface area contributed by atoms with Crippen LogP contribution in [0.5, 0.6) is 0 Å². The lowest BCUT2D eigenvalue weighted by Crippen LogP contribution is -2.32. The molecule has 0 atom stereocenters. The maximum absolute atomic E-state index is 6.10. The second kappa shape index (κ2) is 6.96. The van der Waals surface area contributed by atoms with Gasteiger partial charge in [0, 0.05) is 12.1 Å². The fraction of sp³-hybridized carbons (Fsp3) is 0.368. The molecule has 1 aliphatic heterocycles. The van der Waals surface area contributed by atoms with Gasteiger partial charge in [-0.25, -0.2) is 9.97 Å². The van der Waals surface area contributed by atoms with E-state index in [0.29, 0.717) is 16.9 Å². The van der Waals surface area contributed by atoms with Gasteiger partial charge < -0.3 is 17.2 Å². The number of aromatic nitrogens is 4. The van der Waals surface area contributed by atoms with Crippen LogP contribution in [0.4, 0.5) is 17.6 Å². The lowest BCUT2D eigenvalue weighted by molar-refractivity contribution is 0.185. The quantitative estimate of drug-likeness (QED) is 0.643. The SMILES string of the molecule is CC1CCN(Cc2ccc(-c3nc4c(N)nc(N)nc4nc3N)cc2)CC1. The molecule has 1 aromatic carbocycles. The van der Waals surface area contributed by atoms with E-state index in [1.807, 2.05) is 12.1 Å². The fourth-order valence-corrected chi connectivity index (χ4v) is 3.46. The van der Waals surface area contributed by atoms with Gasteiger partial charge in [0.25, 0.3) is 0 Å². The molecule has 0 saturated carbocycles. The Morgan fingerprint density at radius 3 is 2.33 bits per heavy atom. The van der Waals surface area contributed by atoms with Crippen molar-refractivity contribution in [3.8, 4) is 11.3 Å². The first-order valence-corrected chi connectivity index (χ1v) is 9.17. The molecule has 27 heavy (non-hydrogen) atoms. The van der Waals surface area contributed by atoms with E-state index in [-0.39, 0.29) is 17.6 Å². The van der Waals surface area contributed by atoms with E-state index in [4.69, 9.17) is 17.2 Å². The van der Waals surface area contributed by atoms with Crippen LogP contribution in [0.3, 0.4) is 0 Å². The smallest absolute Gasteiger partial charge is 0.224 e. The summed E-state index contributed by atoms with van der Waals surface area (Å²) in [5, 5.41) is 0. The molecule has 3 heterocycles. The Kier molecular flexibility index (Phi) is 4.49. The molecule has 0 aliphatic carbocycles. The average molecular weight is 364 g/mol. The van der Waals surface area contributed by atoms with Crippen molar-refractivity contribution in [3.63, 3.8) is 0 Å². The highest BCUT2D eigenvalue weighted by Gasteiger charge is 2.16. The normalized spacial score (nSPS) is 16.0. The van der Waals surface area contributed by atoms with Gasteiger partial charge in [0.1, 0.15) is 5.69 Å². The van der Waals surface area contributed by atoms with Crippen molar-refractivity contribution >= 4 is 28.7 Å². The molecule has 1 aliphatic rings. The molecule has 0 unspecified atom stereocenters. The van der Waals surface area contributed by atoms with E-state index in [1.54, 1.807) is 0 Å². The second-order valence-electron chi connectivity index (χ2n) is 7.25. The molecule has 8 nitrogen and oxygen atoms in total. The second-order valence-corrected chi connectivity index (χ2v) is 7.25. The maximum Gasteiger partial charge on any atom is 0.224 e. The predicted molar refractivity (Wildman–Crippen MR) is 107 cm³/mol. The summed E-state index contributed by atoms with van der Waals surface area (Å²) in [6.07, 6.45) is 2.55. The summed E-state index contributed by atoms with van der Waals surface area (Å²) in [5.74, 6) is 1.38. The van der Waals surface area contributed by atoms with Crippen LogP contribution in [0.15, 0.2) is 24.3 Å². The van der Waals surface area contributed by atoms with E-state index in [2.05, 4.69) is 43.9 Å². The van der Waals surface area contributed by atoms with Gasteiger partial charge in [-0.15, -0.1) is 0 Å². The molecule has 0 spiro atoms. The van der Waals surface area contributed by atoms with Crippen LogP contribution in [0, 0.1) is 5.92 Å². The van der Waals surface area contributed by atoms with Crippen LogP contribution in [0.25, 0.3) is 22.4 Å². The Hall–Kier alpha value is -3.00. The minimum atomic E-state index is 0.0536. The Morgan fingerprint density at radius 2 is 1.63 bits per heavy atom. The average Bonchev–Trinajstić information content (AvgIpc) is 2.64. The van der Waals surface area contributed by atoms with E-state index in [0.717, 1.165) is 31.1 Å². The van der Waals surface area contributed by atoms with Crippen molar-refractivity contribution in [2.24, 2.45) is 5.92 Å². The van der Waals surface area contributed by atoms with Crippen LogP contribution in [0.2, 0.25) is 0 Å². The molecule has 140 valence electrons. The molecule has 0 amide bonds. The first kappa shape index (κ1) is 17.4. The third kappa shape index (κ3) is 3.61. The van der Waals surface area contributed by atoms with Crippen molar-refractivity contribution in [1.29, 1.82) is 0 Å². The van der Waals surface area contributed by atoms with Crippen LogP contribution in [-0.2, 0) is 6.54 Å². The van der Waals surface area contributed by atoms with E-state index in [9.17, 15) is 0 Å². The number of piperidine rings is 1. The number of nitrogen functional groups attached to an aromatic ring is 3. The largest absolute Gasteiger partial charge is 0.382 e. The number of likely N-dealkylation sites (tertiary alicyclic amines) is 1. The molecule has 0 bridgehead atoms. The zero-order chi connectivity index (χ0) is 19.0. The molecule has 4 rings (SSSR count). The van der Waals surface area contributed by atoms with E-state index in [1.165, 1.54) is 18.4 Å². The molecular formula is C19H24N8. The minimum absolute atomic E-state index is 0.0536.